The van der Waals surface area contributed by atoms with Gasteiger partial charge in [-0.2, -0.15) is 0 Å². The van der Waals surface area contributed by atoms with Crippen molar-refractivity contribution in [2.45, 2.75) is 0 Å². The minimum Gasteiger partial charge on any atom is -0.478 e. The van der Waals surface area contributed by atoms with Crippen LogP contribution < -0.4 is 5.73 Å². The molecule has 12 heavy (non-hydrogen) atoms. The Labute approximate surface area is 81.6 Å². The Hall–Kier alpha value is -1.00. The molecule has 0 amide bonds. The Kier molecular flexibility index (Phi) is 6.37. The molecule has 1 aromatic rings. The minimum absolute atomic E-state index is 0. The molecule has 1 aromatic heterocycles. The van der Waals surface area contributed by atoms with E-state index in [9.17, 15) is 4.79 Å². The van der Waals surface area contributed by atoms with E-state index in [1.54, 1.807) is 0 Å². The highest BCUT2D eigenvalue weighted by Gasteiger charge is 2.04. The molecule has 3 N–H and O–H groups in total. The normalized spacial score (nSPS) is 7.67. The summed E-state index contributed by atoms with van der Waals surface area (Å²) < 4.78 is 0. The molecular weight excluding hydrogens is 203 g/mol. The zero-order valence-electron chi connectivity index (χ0n) is 5.93. The summed E-state index contributed by atoms with van der Waals surface area (Å²) >= 11 is 0. The number of carboxylic acids is 1. The highest BCUT2D eigenvalue weighted by atomic mass is 35.5. The molecule has 0 bridgehead atoms. The molecule has 6 heteroatoms. The average molecular weight is 211 g/mol. The van der Waals surface area contributed by atoms with Gasteiger partial charge >= 0.3 is 5.97 Å². The van der Waals surface area contributed by atoms with Crippen LogP contribution in [0.15, 0.2) is 18.5 Å². The first-order valence-corrected chi connectivity index (χ1v) is 2.64. The number of carbonyl (C=O) groups is 1. The maximum atomic E-state index is 10.3. The van der Waals surface area contributed by atoms with Crippen molar-refractivity contribution >= 4 is 36.5 Å². The summed E-state index contributed by atoms with van der Waals surface area (Å²) in [5.74, 6) is -1.05. The molecule has 68 valence electrons. The van der Waals surface area contributed by atoms with Crippen molar-refractivity contribution in [2.24, 2.45) is 0 Å². The largest absolute Gasteiger partial charge is 0.478 e. The van der Waals surface area contributed by atoms with Gasteiger partial charge in [0, 0.05) is 18.1 Å². The van der Waals surface area contributed by atoms with Crippen molar-refractivity contribution in [1.82, 2.24) is 4.98 Å². The van der Waals surface area contributed by atoms with Crippen molar-refractivity contribution in [1.29, 1.82) is 0 Å². The van der Waals surface area contributed by atoms with Crippen molar-refractivity contribution in [3.8, 4) is 0 Å². The molecule has 1 heterocycles. The number of aromatic carboxylic acids is 1. The van der Waals surface area contributed by atoms with Crippen LogP contribution in [0.1, 0.15) is 10.4 Å². The summed E-state index contributed by atoms with van der Waals surface area (Å²) in [7, 11) is 0. The summed E-state index contributed by atoms with van der Waals surface area (Å²) in [5, 5.41) is 8.45. The average Bonchev–Trinajstić information content (AvgIpc) is 1.88. The number of rotatable bonds is 1. The van der Waals surface area contributed by atoms with Gasteiger partial charge in [-0.3, -0.25) is 4.98 Å². The predicted octanol–water partition coefficient (Wildman–Crippen LogP) is 1.21. The van der Waals surface area contributed by atoms with Gasteiger partial charge in [-0.05, 0) is 6.07 Å². The lowest BCUT2D eigenvalue weighted by atomic mass is 10.2. The lowest BCUT2D eigenvalue weighted by Crippen LogP contribution is -2.01. The number of carboxylic acid groups (broad SMARTS) is 1. The summed E-state index contributed by atoms with van der Waals surface area (Å²) in [6, 6.07) is 1.45. The Bertz CT molecular complexity index is 267. The van der Waals surface area contributed by atoms with Gasteiger partial charge in [0.25, 0.3) is 0 Å². The Morgan fingerprint density at radius 1 is 1.50 bits per heavy atom. The minimum atomic E-state index is -1.05. The SMILES string of the molecule is Cl.Cl.Nc1ccncc1C(=O)O. The first-order chi connectivity index (χ1) is 4.72. The Morgan fingerprint density at radius 3 is 2.42 bits per heavy atom. The highest BCUT2D eigenvalue weighted by molar-refractivity contribution is 5.92. The van der Waals surface area contributed by atoms with E-state index >= 15 is 0 Å². The van der Waals surface area contributed by atoms with Gasteiger partial charge in [0.1, 0.15) is 5.56 Å². The van der Waals surface area contributed by atoms with Crippen molar-refractivity contribution in [3.05, 3.63) is 24.0 Å². The van der Waals surface area contributed by atoms with E-state index in [-0.39, 0.29) is 36.1 Å². The zero-order chi connectivity index (χ0) is 7.56. The Balaban J connectivity index is 0. The third kappa shape index (κ3) is 2.94. The second-order valence-corrected chi connectivity index (χ2v) is 1.77. The van der Waals surface area contributed by atoms with E-state index in [1.807, 2.05) is 0 Å². The molecule has 0 fully saturated rings. The molecule has 0 saturated heterocycles. The molecule has 0 unspecified atom stereocenters. The maximum Gasteiger partial charge on any atom is 0.339 e. The van der Waals surface area contributed by atoms with Crippen LogP contribution in [0.25, 0.3) is 0 Å². The fourth-order valence-corrected chi connectivity index (χ4v) is 0.584. The van der Waals surface area contributed by atoms with Crippen LogP contribution in [-0.4, -0.2) is 16.1 Å². The van der Waals surface area contributed by atoms with Gasteiger partial charge in [0.05, 0.1) is 0 Å². The number of pyridine rings is 1. The number of hydrogen-bond donors (Lipinski definition) is 2. The summed E-state index contributed by atoms with van der Waals surface area (Å²) in [6.45, 7) is 0. The van der Waals surface area contributed by atoms with E-state index in [0.29, 0.717) is 0 Å². The summed E-state index contributed by atoms with van der Waals surface area (Å²) in [4.78, 5) is 13.9. The van der Waals surface area contributed by atoms with Gasteiger partial charge in [0.15, 0.2) is 0 Å². The molecule has 0 aliphatic carbocycles. The molecule has 0 aromatic carbocycles. The van der Waals surface area contributed by atoms with E-state index < -0.39 is 5.97 Å². The molecular formula is C6H8Cl2N2O2. The molecule has 0 aliphatic rings. The number of halogens is 2. The van der Waals surface area contributed by atoms with Gasteiger partial charge in [0.2, 0.25) is 0 Å². The fourth-order valence-electron chi connectivity index (χ4n) is 0.584. The fraction of sp³-hybridized carbons (Fsp3) is 0. The lowest BCUT2D eigenvalue weighted by molar-refractivity contribution is 0.0697. The first-order valence-electron chi connectivity index (χ1n) is 2.64. The molecule has 0 spiro atoms. The third-order valence-electron chi connectivity index (χ3n) is 1.09. The second kappa shape index (κ2) is 5.62. The van der Waals surface area contributed by atoms with Crippen molar-refractivity contribution in [2.75, 3.05) is 5.73 Å². The van der Waals surface area contributed by atoms with E-state index in [2.05, 4.69) is 4.98 Å². The van der Waals surface area contributed by atoms with Crippen LogP contribution in [0.2, 0.25) is 0 Å². The molecule has 1 rings (SSSR count). The van der Waals surface area contributed by atoms with E-state index in [1.165, 1.54) is 18.5 Å². The van der Waals surface area contributed by atoms with E-state index in [0.717, 1.165) is 0 Å². The zero-order valence-corrected chi connectivity index (χ0v) is 7.56. The van der Waals surface area contributed by atoms with Crippen LogP contribution in [0, 0.1) is 0 Å². The Morgan fingerprint density at radius 2 is 2.08 bits per heavy atom. The van der Waals surface area contributed by atoms with Crippen LogP contribution in [-0.2, 0) is 0 Å². The monoisotopic (exact) mass is 210 g/mol. The van der Waals surface area contributed by atoms with E-state index in [4.69, 9.17) is 10.8 Å². The number of aromatic nitrogens is 1. The van der Waals surface area contributed by atoms with Crippen LogP contribution >= 0.6 is 24.8 Å². The highest BCUT2D eigenvalue weighted by Crippen LogP contribution is 2.06. The topological polar surface area (TPSA) is 76.2 Å². The smallest absolute Gasteiger partial charge is 0.339 e. The third-order valence-corrected chi connectivity index (χ3v) is 1.09. The van der Waals surface area contributed by atoms with Crippen LogP contribution in [0.3, 0.4) is 0 Å². The number of nitrogen functional groups attached to an aromatic ring is 1. The molecule has 4 nitrogen and oxygen atoms in total. The molecule has 0 radical (unpaired) electrons. The molecule has 0 saturated carbocycles. The standard InChI is InChI=1S/C6H6N2O2.2ClH/c7-5-1-2-8-3-4(5)6(9)10;;/h1-3H,(H2,7,8)(H,9,10);2*1H. The summed E-state index contributed by atoms with van der Waals surface area (Å²) in [6.07, 6.45) is 2.67. The lowest BCUT2D eigenvalue weighted by Gasteiger charge is -1.95. The van der Waals surface area contributed by atoms with Gasteiger partial charge < -0.3 is 10.8 Å². The molecule has 0 atom stereocenters. The van der Waals surface area contributed by atoms with Gasteiger partial charge in [-0.15, -0.1) is 24.8 Å². The van der Waals surface area contributed by atoms with Crippen molar-refractivity contribution in [3.63, 3.8) is 0 Å². The number of nitrogens with zero attached hydrogens (tertiary/aromatic N) is 1. The predicted molar refractivity (Wildman–Crippen MR) is 50.1 cm³/mol. The number of hydrogen-bond acceptors (Lipinski definition) is 3. The van der Waals surface area contributed by atoms with Crippen LogP contribution in [0.5, 0.6) is 0 Å². The summed E-state index contributed by atoms with van der Waals surface area (Å²) in [5.41, 5.74) is 5.58. The number of anilines is 1. The van der Waals surface area contributed by atoms with Gasteiger partial charge in [-0.25, -0.2) is 4.79 Å². The first kappa shape index (κ1) is 13.6. The molecule has 0 aliphatic heterocycles. The number of nitrogens with two attached hydrogens (primary N) is 1. The van der Waals surface area contributed by atoms with Crippen LogP contribution in [0.4, 0.5) is 5.69 Å². The van der Waals surface area contributed by atoms with Crippen molar-refractivity contribution < 1.29 is 9.90 Å². The quantitative estimate of drug-likeness (QED) is 0.731. The maximum absolute atomic E-state index is 10.3. The van der Waals surface area contributed by atoms with Gasteiger partial charge in [-0.1, -0.05) is 0 Å². The second-order valence-electron chi connectivity index (χ2n) is 1.77.